The minimum Gasteiger partial charge on any atom is -0.508 e. The van der Waals surface area contributed by atoms with Crippen LogP contribution in [-0.4, -0.2) is 36.2 Å². The number of benzene rings is 1. The van der Waals surface area contributed by atoms with Gasteiger partial charge in [-0.3, -0.25) is 4.90 Å². The highest BCUT2D eigenvalue weighted by atomic mass is 35.5. The molecule has 0 unspecified atom stereocenters. The summed E-state index contributed by atoms with van der Waals surface area (Å²) in [4.78, 5) is 2.35. The summed E-state index contributed by atoms with van der Waals surface area (Å²) in [5, 5.41) is 13.8. The third-order valence-electron chi connectivity index (χ3n) is 3.14. The number of piperazine rings is 1. The third-order valence-corrected chi connectivity index (χ3v) is 3.37. The molecule has 1 aliphatic rings. The van der Waals surface area contributed by atoms with E-state index in [0.717, 1.165) is 31.7 Å². The first kappa shape index (κ1) is 11.7. The molecule has 88 valence electrons. The van der Waals surface area contributed by atoms with Crippen LogP contribution in [0.15, 0.2) is 18.2 Å². The predicted octanol–water partition coefficient (Wildman–Crippen LogP) is 2.01. The maximum Gasteiger partial charge on any atom is 0.120 e. The molecule has 0 saturated carbocycles. The molecule has 0 bridgehead atoms. The van der Waals surface area contributed by atoms with Crippen LogP contribution in [0.2, 0.25) is 5.02 Å². The van der Waals surface area contributed by atoms with E-state index in [1.54, 1.807) is 12.1 Å². The van der Waals surface area contributed by atoms with Gasteiger partial charge < -0.3 is 10.4 Å². The predicted molar refractivity (Wildman–Crippen MR) is 66.0 cm³/mol. The van der Waals surface area contributed by atoms with E-state index in [1.807, 2.05) is 6.07 Å². The zero-order valence-corrected chi connectivity index (χ0v) is 10.2. The standard InChI is InChI=1S/C12H17ClN2O/c1-9(15-6-4-14-5-7-15)11-8-10(13)2-3-12(11)16/h2-3,8-9,14,16H,4-7H2,1H3/t9-/m0/s1. The van der Waals surface area contributed by atoms with E-state index in [0.29, 0.717) is 10.8 Å². The van der Waals surface area contributed by atoms with Crippen molar-refractivity contribution in [3.05, 3.63) is 28.8 Å². The fraction of sp³-hybridized carbons (Fsp3) is 0.500. The van der Waals surface area contributed by atoms with E-state index in [1.165, 1.54) is 0 Å². The van der Waals surface area contributed by atoms with Crippen molar-refractivity contribution in [2.24, 2.45) is 0 Å². The van der Waals surface area contributed by atoms with E-state index < -0.39 is 0 Å². The van der Waals surface area contributed by atoms with Gasteiger partial charge in [0.1, 0.15) is 5.75 Å². The van der Waals surface area contributed by atoms with Crippen molar-refractivity contribution in [2.75, 3.05) is 26.2 Å². The van der Waals surface area contributed by atoms with Gasteiger partial charge in [0.15, 0.2) is 0 Å². The van der Waals surface area contributed by atoms with Gasteiger partial charge in [-0.2, -0.15) is 0 Å². The Kier molecular flexibility index (Phi) is 3.69. The summed E-state index contributed by atoms with van der Waals surface area (Å²) in [5.41, 5.74) is 0.911. The first-order valence-corrected chi connectivity index (χ1v) is 5.99. The molecule has 0 aliphatic carbocycles. The summed E-state index contributed by atoms with van der Waals surface area (Å²) < 4.78 is 0. The summed E-state index contributed by atoms with van der Waals surface area (Å²) in [6.45, 7) is 6.13. The molecule has 2 N–H and O–H groups in total. The molecule has 3 nitrogen and oxygen atoms in total. The Balaban J connectivity index is 2.18. The fourth-order valence-electron chi connectivity index (χ4n) is 2.13. The second-order valence-electron chi connectivity index (χ2n) is 4.17. The van der Waals surface area contributed by atoms with E-state index >= 15 is 0 Å². The molecule has 0 amide bonds. The largest absolute Gasteiger partial charge is 0.508 e. The Hall–Kier alpha value is -0.770. The number of nitrogens with zero attached hydrogens (tertiary/aromatic N) is 1. The van der Waals surface area contributed by atoms with Gasteiger partial charge in [-0.15, -0.1) is 0 Å². The van der Waals surface area contributed by atoms with E-state index in [9.17, 15) is 5.11 Å². The molecule has 1 saturated heterocycles. The Morgan fingerprint density at radius 1 is 1.38 bits per heavy atom. The van der Waals surface area contributed by atoms with E-state index in [-0.39, 0.29) is 6.04 Å². The van der Waals surface area contributed by atoms with Gasteiger partial charge in [-0.05, 0) is 25.1 Å². The molecule has 4 heteroatoms. The van der Waals surface area contributed by atoms with Crippen LogP contribution in [0.5, 0.6) is 5.75 Å². The molecule has 1 heterocycles. The molecule has 2 rings (SSSR count). The first-order valence-electron chi connectivity index (χ1n) is 5.61. The SMILES string of the molecule is C[C@@H](c1cc(Cl)ccc1O)N1CCNCC1. The van der Waals surface area contributed by atoms with Gasteiger partial charge in [-0.25, -0.2) is 0 Å². The number of aromatic hydroxyl groups is 1. The average molecular weight is 241 g/mol. The molecule has 0 radical (unpaired) electrons. The number of rotatable bonds is 2. The van der Waals surface area contributed by atoms with Crippen LogP contribution in [0.4, 0.5) is 0 Å². The van der Waals surface area contributed by atoms with Crippen molar-refractivity contribution in [3.8, 4) is 5.75 Å². The van der Waals surface area contributed by atoms with Crippen molar-refractivity contribution >= 4 is 11.6 Å². The molecular weight excluding hydrogens is 224 g/mol. The van der Waals surface area contributed by atoms with Crippen LogP contribution >= 0.6 is 11.6 Å². The lowest BCUT2D eigenvalue weighted by molar-refractivity contribution is 0.183. The highest BCUT2D eigenvalue weighted by Crippen LogP contribution is 2.30. The van der Waals surface area contributed by atoms with Crippen LogP contribution in [0.1, 0.15) is 18.5 Å². The highest BCUT2D eigenvalue weighted by molar-refractivity contribution is 6.30. The maximum absolute atomic E-state index is 9.84. The van der Waals surface area contributed by atoms with Gasteiger partial charge in [-0.1, -0.05) is 11.6 Å². The lowest BCUT2D eigenvalue weighted by Gasteiger charge is -2.33. The van der Waals surface area contributed by atoms with E-state index in [4.69, 9.17) is 11.6 Å². The van der Waals surface area contributed by atoms with Gasteiger partial charge in [0.05, 0.1) is 0 Å². The quantitative estimate of drug-likeness (QED) is 0.830. The van der Waals surface area contributed by atoms with Gasteiger partial charge in [0.2, 0.25) is 0 Å². The Labute approximate surface area is 101 Å². The van der Waals surface area contributed by atoms with Gasteiger partial charge >= 0.3 is 0 Å². The normalized spacial score (nSPS) is 19.6. The minimum atomic E-state index is 0.209. The monoisotopic (exact) mass is 240 g/mol. The third kappa shape index (κ3) is 2.48. The number of nitrogens with one attached hydrogen (secondary N) is 1. The average Bonchev–Trinajstić information content (AvgIpc) is 2.32. The number of hydrogen-bond donors (Lipinski definition) is 2. The molecular formula is C12H17ClN2O. The molecule has 0 spiro atoms. The summed E-state index contributed by atoms with van der Waals surface area (Å²) in [6, 6.07) is 5.44. The zero-order valence-electron chi connectivity index (χ0n) is 9.41. The topological polar surface area (TPSA) is 35.5 Å². The van der Waals surface area contributed by atoms with Crippen molar-refractivity contribution < 1.29 is 5.11 Å². The second-order valence-corrected chi connectivity index (χ2v) is 4.60. The van der Waals surface area contributed by atoms with Crippen LogP contribution in [0, 0.1) is 0 Å². The molecule has 0 aromatic heterocycles. The van der Waals surface area contributed by atoms with Crippen molar-refractivity contribution in [3.63, 3.8) is 0 Å². The molecule has 1 aromatic carbocycles. The highest BCUT2D eigenvalue weighted by Gasteiger charge is 2.20. The molecule has 1 aromatic rings. The lowest BCUT2D eigenvalue weighted by Crippen LogP contribution is -2.44. The Bertz CT molecular complexity index is 364. The van der Waals surface area contributed by atoms with E-state index in [2.05, 4.69) is 17.1 Å². The van der Waals surface area contributed by atoms with Gasteiger partial charge in [0, 0.05) is 42.8 Å². The Morgan fingerprint density at radius 3 is 2.75 bits per heavy atom. The maximum atomic E-state index is 9.84. The first-order chi connectivity index (χ1) is 7.68. The van der Waals surface area contributed by atoms with Crippen molar-refractivity contribution in [1.82, 2.24) is 10.2 Å². The number of phenols is 1. The number of halogens is 1. The molecule has 1 aliphatic heterocycles. The van der Waals surface area contributed by atoms with Crippen LogP contribution in [0.3, 0.4) is 0 Å². The van der Waals surface area contributed by atoms with Crippen molar-refractivity contribution in [1.29, 1.82) is 0 Å². The summed E-state index contributed by atoms with van der Waals surface area (Å²) in [5.74, 6) is 0.329. The van der Waals surface area contributed by atoms with Crippen LogP contribution in [0.25, 0.3) is 0 Å². The fourth-order valence-corrected chi connectivity index (χ4v) is 2.31. The molecule has 16 heavy (non-hydrogen) atoms. The zero-order chi connectivity index (χ0) is 11.5. The smallest absolute Gasteiger partial charge is 0.120 e. The summed E-state index contributed by atoms with van der Waals surface area (Å²) in [7, 11) is 0. The minimum absolute atomic E-state index is 0.209. The Morgan fingerprint density at radius 2 is 2.06 bits per heavy atom. The molecule has 1 atom stereocenters. The molecule has 1 fully saturated rings. The van der Waals surface area contributed by atoms with Crippen molar-refractivity contribution in [2.45, 2.75) is 13.0 Å². The number of phenolic OH excluding ortho intramolecular Hbond substituents is 1. The van der Waals surface area contributed by atoms with Gasteiger partial charge in [0.25, 0.3) is 0 Å². The van der Waals surface area contributed by atoms with Crippen LogP contribution in [-0.2, 0) is 0 Å². The second kappa shape index (κ2) is 5.04. The summed E-state index contributed by atoms with van der Waals surface area (Å²) >= 11 is 5.96. The lowest BCUT2D eigenvalue weighted by atomic mass is 10.1. The number of hydrogen-bond acceptors (Lipinski definition) is 3. The van der Waals surface area contributed by atoms with Crippen LogP contribution < -0.4 is 5.32 Å². The summed E-state index contributed by atoms with van der Waals surface area (Å²) in [6.07, 6.45) is 0.